The van der Waals surface area contributed by atoms with Gasteiger partial charge in [0.25, 0.3) is 5.91 Å². The van der Waals surface area contributed by atoms with Crippen molar-refractivity contribution in [2.45, 2.75) is 71.8 Å². The maximum Gasteiger partial charge on any atom is 0.408 e. The number of hydrogen-bond acceptors (Lipinski definition) is 5. The highest BCUT2D eigenvalue weighted by Crippen LogP contribution is 2.16. The van der Waals surface area contributed by atoms with E-state index in [0.29, 0.717) is 5.69 Å². The fraction of sp³-hybridized carbons (Fsp3) is 0.579. The Morgan fingerprint density at radius 1 is 1.07 bits per heavy atom. The Kier molecular flexibility index (Phi) is 8.10. The zero-order valence-electron chi connectivity index (χ0n) is 17.0. The molecule has 0 aliphatic heterocycles. The van der Waals surface area contributed by atoms with Crippen molar-refractivity contribution in [2.75, 3.05) is 5.43 Å². The van der Waals surface area contributed by atoms with Crippen molar-refractivity contribution in [3.05, 3.63) is 28.7 Å². The Hall–Kier alpha value is -1.80. The largest absolute Gasteiger partial charge is 0.444 e. The number of nitrogens with one attached hydrogen (secondary N) is 3. The predicted molar refractivity (Wildman–Crippen MR) is 109 cm³/mol. The molecule has 3 N–H and O–H groups in total. The Morgan fingerprint density at radius 2 is 1.70 bits per heavy atom. The summed E-state index contributed by atoms with van der Waals surface area (Å²) in [6, 6.07) is 6.38. The van der Waals surface area contributed by atoms with Gasteiger partial charge in [0.1, 0.15) is 11.6 Å². The summed E-state index contributed by atoms with van der Waals surface area (Å²) in [6.45, 7) is 12.6. The Morgan fingerprint density at radius 3 is 2.22 bits per heavy atom. The lowest BCUT2D eigenvalue weighted by Gasteiger charge is -2.31. The molecule has 0 unspecified atom stereocenters. The Balaban J connectivity index is 2.84. The number of amides is 2. The summed E-state index contributed by atoms with van der Waals surface area (Å²) in [5, 5.41) is 2.60. The number of carbonyl (C=O) groups is 2. The first-order chi connectivity index (χ1) is 12.3. The van der Waals surface area contributed by atoms with Crippen molar-refractivity contribution in [1.29, 1.82) is 0 Å². The van der Waals surface area contributed by atoms with E-state index in [-0.39, 0.29) is 0 Å². The number of carbonyl (C=O) groups excluding carboxylic acids is 2. The molecule has 7 nitrogen and oxygen atoms in total. The van der Waals surface area contributed by atoms with E-state index in [1.165, 1.54) is 0 Å². The van der Waals surface area contributed by atoms with Gasteiger partial charge < -0.3 is 14.8 Å². The van der Waals surface area contributed by atoms with Gasteiger partial charge in [-0.15, -0.1) is 0 Å². The number of rotatable bonds is 6. The Bertz CT molecular complexity index is 653. The molecule has 0 aliphatic carbocycles. The molecule has 0 radical (unpaired) electrons. The van der Waals surface area contributed by atoms with Crippen molar-refractivity contribution in [1.82, 2.24) is 10.7 Å². The molecule has 1 aromatic carbocycles. The van der Waals surface area contributed by atoms with Crippen LogP contribution in [0.2, 0.25) is 0 Å². The van der Waals surface area contributed by atoms with Crippen LogP contribution in [0.15, 0.2) is 28.7 Å². The van der Waals surface area contributed by atoms with E-state index in [2.05, 4.69) is 32.1 Å². The molecule has 2 atom stereocenters. The van der Waals surface area contributed by atoms with Crippen molar-refractivity contribution in [3.8, 4) is 0 Å². The van der Waals surface area contributed by atoms with Gasteiger partial charge in [-0.3, -0.25) is 15.6 Å². The molecule has 0 bridgehead atoms. The normalized spacial score (nSPS) is 14.1. The lowest BCUT2D eigenvalue weighted by Crippen LogP contribution is -2.56. The second-order valence-electron chi connectivity index (χ2n) is 8.18. The summed E-state index contributed by atoms with van der Waals surface area (Å²) in [5.74, 6) is -0.447. The second kappa shape index (κ2) is 9.41. The maximum atomic E-state index is 12.7. The van der Waals surface area contributed by atoms with Crippen LogP contribution in [0.3, 0.4) is 0 Å². The van der Waals surface area contributed by atoms with Crippen molar-refractivity contribution < 1.29 is 19.1 Å². The number of hydrogen-bond donors (Lipinski definition) is 3. The quantitative estimate of drug-likeness (QED) is 0.578. The number of benzene rings is 1. The molecule has 152 valence electrons. The van der Waals surface area contributed by atoms with Gasteiger partial charge >= 0.3 is 6.09 Å². The van der Waals surface area contributed by atoms with E-state index in [1.807, 2.05) is 39.0 Å². The minimum atomic E-state index is -0.946. The molecule has 0 saturated heterocycles. The summed E-state index contributed by atoms with van der Waals surface area (Å²) in [7, 11) is 0. The number of ether oxygens (including phenoxy) is 2. The van der Waals surface area contributed by atoms with Crippen LogP contribution in [-0.4, -0.2) is 35.3 Å². The first-order valence-corrected chi connectivity index (χ1v) is 9.55. The monoisotopic (exact) mass is 443 g/mol. The van der Waals surface area contributed by atoms with Gasteiger partial charge in [-0.2, -0.15) is 0 Å². The first-order valence-electron chi connectivity index (χ1n) is 8.75. The van der Waals surface area contributed by atoms with Crippen LogP contribution in [0, 0.1) is 0 Å². The lowest BCUT2D eigenvalue weighted by molar-refractivity contribution is -0.130. The fourth-order valence-corrected chi connectivity index (χ4v) is 2.63. The number of hydrazine groups is 1. The van der Waals surface area contributed by atoms with Crippen LogP contribution in [0.25, 0.3) is 0 Å². The van der Waals surface area contributed by atoms with Gasteiger partial charge in [-0.1, -0.05) is 22.0 Å². The molecule has 27 heavy (non-hydrogen) atoms. The minimum absolute atomic E-state index is 0.447. The maximum absolute atomic E-state index is 12.7. The van der Waals surface area contributed by atoms with E-state index < -0.39 is 35.3 Å². The molecular formula is C19H30BrN3O4. The summed E-state index contributed by atoms with van der Waals surface area (Å²) in [6.07, 6.45) is -1.27. The van der Waals surface area contributed by atoms with Crippen molar-refractivity contribution in [2.24, 2.45) is 0 Å². The standard InChI is InChI=1S/C19H30BrN3O4/c1-12(26-18(2,3)4)15(21-17(25)27-19(5,6)7)16(24)23-22-14-10-8-9-13(20)11-14/h8-12,15,22H,1-7H3,(H,21,25)(H,23,24)/t12-,15+/m1/s1. The van der Waals surface area contributed by atoms with Gasteiger partial charge in [0, 0.05) is 4.47 Å². The van der Waals surface area contributed by atoms with Gasteiger partial charge in [-0.25, -0.2) is 4.79 Å². The van der Waals surface area contributed by atoms with E-state index in [1.54, 1.807) is 33.8 Å². The second-order valence-corrected chi connectivity index (χ2v) is 9.10. The van der Waals surface area contributed by atoms with Crippen LogP contribution < -0.4 is 16.2 Å². The van der Waals surface area contributed by atoms with Crippen LogP contribution in [0.1, 0.15) is 48.5 Å². The molecular weight excluding hydrogens is 414 g/mol. The van der Waals surface area contributed by atoms with E-state index in [9.17, 15) is 9.59 Å². The zero-order chi connectivity index (χ0) is 20.8. The summed E-state index contributed by atoms with van der Waals surface area (Å²) < 4.78 is 12.0. The van der Waals surface area contributed by atoms with Crippen LogP contribution in [0.4, 0.5) is 10.5 Å². The van der Waals surface area contributed by atoms with Crippen molar-refractivity contribution >= 4 is 33.6 Å². The summed E-state index contributed by atoms with van der Waals surface area (Å²) >= 11 is 3.37. The highest BCUT2D eigenvalue weighted by atomic mass is 79.9. The first kappa shape index (κ1) is 23.2. The number of anilines is 1. The average Bonchev–Trinajstić information content (AvgIpc) is 2.47. The van der Waals surface area contributed by atoms with Crippen LogP contribution >= 0.6 is 15.9 Å². The smallest absolute Gasteiger partial charge is 0.408 e. The topological polar surface area (TPSA) is 88.7 Å². The van der Waals surface area contributed by atoms with Crippen molar-refractivity contribution in [3.63, 3.8) is 0 Å². The molecule has 1 rings (SSSR count). The average molecular weight is 444 g/mol. The number of alkyl carbamates (subject to hydrolysis) is 1. The molecule has 0 aliphatic rings. The third kappa shape index (κ3) is 9.63. The van der Waals surface area contributed by atoms with Gasteiger partial charge in [0.15, 0.2) is 0 Å². The minimum Gasteiger partial charge on any atom is -0.444 e. The van der Waals surface area contributed by atoms with E-state index >= 15 is 0 Å². The van der Waals surface area contributed by atoms with E-state index in [0.717, 1.165) is 4.47 Å². The lowest BCUT2D eigenvalue weighted by atomic mass is 10.1. The molecule has 2 amide bonds. The zero-order valence-corrected chi connectivity index (χ0v) is 18.6. The molecule has 0 heterocycles. The molecule has 0 saturated carbocycles. The molecule has 0 spiro atoms. The summed E-state index contributed by atoms with van der Waals surface area (Å²) in [5.41, 5.74) is 4.97. The number of halogens is 1. The molecule has 0 aromatic heterocycles. The molecule has 8 heteroatoms. The van der Waals surface area contributed by atoms with Gasteiger partial charge in [0.2, 0.25) is 0 Å². The highest BCUT2D eigenvalue weighted by Gasteiger charge is 2.32. The SMILES string of the molecule is C[C@@H](OC(C)(C)C)[C@H](NC(=O)OC(C)(C)C)C(=O)NNc1cccc(Br)c1. The molecule has 1 aromatic rings. The van der Waals surface area contributed by atoms with Crippen LogP contribution in [-0.2, 0) is 14.3 Å². The summed E-state index contributed by atoms with van der Waals surface area (Å²) in [4.78, 5) is 24.9. The molecule has 0 fully saturated rings. The Labute approximate surface area is 169 Å². The fourth-order valence-electron chi connectivity index (χ4n) is 2.23. The van der Waals surface area contributed by atoms with Gasteiger partial charge in [-0.05, 0) is 66.7 Å². The van der Waals surface area contributed by atoms with E-state index in [4.69, 9.17) is 9.47 Å². The van der Waals surface area contributed by atoms with Gasteiger partial charge in [0.05, 0.1) is 17.4 Å². The third-order valence-corrected chi connectivity index (χ3v) is 3.61. The van der Waals surface area contributed by atoms with Crippen LogP contribution in [0.5, 0.6) is 0 Å². The highest BCUT2D eigenvalue weighted by molar-refractivity contribution is 9.10. The third-order valence-electron chi connectivity index (χ3n) is 3.12. The predicted octanol–water partition coefficient (Wildman–Crippen LogP) is 3.99.